The van der Waals surface area contributed by atoms with E-state index in [1.165, 1.54) is 13.2 Å². The van der Waals surface area contributed by atoms with E-state index in [0.717, 1.165) is 11.1 Å². The van der Waals surface area contributed by atoms with Crippen LogP contribution in [0.5, 0.6) is 0 Å². The Morgan fingerprint density at radius 3 is 2.35 bits per heavy atom. The van der Waals surface area contributed by atoms with Crippen molar-refractivity contribution >= 4 is 21.7 Å². The molecular formula is C17H19NO4S. The second-order valence-corrected chi connectivity index (χ2v) is 6.82. The minimum atomic E-state index is -3.67. The highest BCUT2D eigenvalue weighted by molar-refractivity contribution is 7.92. The second-order valence-electron chi connectivity index (χ2n) is 5.14. The molecule has 0 radical (unpaired) electrons. The second kappa shape index (κ2) is 6.83. The number of methoxy groups -OCH3 is 1. The number of hydrogen-bond acceptors (Lipinski definition) is 4. The van der Waals surface area contributed by atoms with E-state index in [1.807, 2.05) is 13.8 Å². The number of ether oxygens (including phenoxy) is 1. The molecule has 0 aliphatic rings. The van der Waals surface area contributed by atoms with Crippen molar-refractivity contribution < 1.29 is 17.9 Å². The van der Waals surface area contributed by atoms with E-state index < -0.39 is 16.0 Å². The number of rotatable bonds is 5. The molecule has 5 nitrogen and oxygen atoms in total. The van der Waals surface area contributed by atoms with Gasteiger partial charge in [0.2, 0.25) is 0 Å². The molecule has 0 bridgehead atoms. The van der Waals surface area contributed by atoms with Gasteiger partial charge in [0.25, 0.3) is 10.0 Å². The number of esters is 1. The molecule has 2 aromatic carbocycles. The molecule has 6 heteroatoms. The fourth-order valence-electron chi connectivity index (χ4n) is 2.15. The Bertz CT molecular complexity index is 811. The average molecular weight is 333 g/mol. The third kappa shape index (κ3) is 3.90. The van der Waals surface area contributed by atoms with Crippen molar-refractivity contribution in [3.05, 3.63) is 59.2 Å². The van der Waals surface area contributed by atoms with Crippen molar-refractivity contribution in [3.8, 4) is 0 Å². The summed E-state index contributed by atoms with van der Waals surface area (Å²) in [5.74, 6) is -0.451. The number of anilines is 1. The van der Waals surface area contributed by atoms with Crippen LogP contribution in [0.25, 0.3) is 0 Å². The number of hydrogen-bond donors (Lipinski definition) is 1. The van der Waals surface area contributed by atoms with Gasteiger partial charge in [-0.05, 0) is 49.2 Å². The summed E-state index contributed by atoms with van der Waals surface area (Å²) in [6, 6.07) is 11.4. The summed E-state index contributed by atoms with van der Waals surface area (Å²) in [4.78, 5) is 11.8. The first kappa shape index (κ1) is 17.0. The smallest absolute Gasteiger partial charge is 0.337 e. The van der Waals surface area contributed by atoms with E-state index in [0.29, 0.717) is 17.7 Å². The van der Waals surface area contributed by atoms with E-state index in [4.69, 9.17) is 0 Å². The quantitative estimate of drug-likeness (QED) is 0.853. The lowest BCUT2D eigenvalue weighted by atomic mass is 10.1. The van der Waals surface area contributed by atoms with E-state index in [2.05, 4.69) is 9.46 Å². The molecular weight excluding hydrogens is 314 g/mol. The number of carbonyl (C=O) groups excluding carboxylic acids is 1. The number of carbonyl (C=O) groups is 1. The molecule has 0 aromatic heterocycles. The Balaban J connectivity index is 2.35. The first-order chi connectivity index (χ1) is 10.9. The van der Waals surface area contributed by atoms with E-state index in [1.54, 1.807) is 36.4 Å². The highest BCUT2D eigenvalue weighted by atomic mass is 32.2. The van der Waals surface area contributed by atoms with Crippen LogP contribution in [0.15, 0.2) is 47.4 Å². The molecule has 0 aliphatic heterocycles. The molecule has 0 heterocycles. The summed E-state index contributed by atoms with van der Waals surface area (Å²) in [7, 11) is -2.36. The molecule has 23 heavy (non-hydrogen) atoms. The first-order valence-electron chi connectivity index (χ1n) is 7.18. The van der Waals surface area contributed by atoms with Gasteiger partial charge in [-0.25, -0.2) is 13.2 Å². The topological polar surface area (TPSA) is 72.5 Å². The van der Waals surface area contributed by atoms with Gasteiger partial charge in [0.1, 0.15) is 0 Å². The predicted molar refractivity (Wildman–Crippen MR) is 89.1 cm³/mol. The van der Waals surface area contributed by atoms with E-state index >= 15 is 0 Å². The standard InChI is InChI=1S/C17H19NO4S/c1-4-13-11-14(17(19)22-3)7-10-16(13)18-23(20,21)15-8-5-12(2)6-9-15/h5-11,18H,4H2,1-3H3. The maximum absolute atomic E-state index is 12.5. The Hall–Kier alpha value is -2.34. The van der Waals surface area contributed by atoms with Gasteiger partial charge in [-0.3, -0.25) is 4.72 Å². The van der Waals surface area contributed by atoms with Crippen LogP contribution >= 0.6 is 0 Å². The number of sulfonamides is 1. The third-order valence-corrected chi connectivity index (χ3v) is 4.86. The summed E-state index contributed by atoms with van der Waals surface area (Å²) in [6.45, 7) is 3.78. The lowest BCUT2D eigenvalue weighted by Gasteiger charge is -2.13. The summed E-state index contributed by atoms with van der Waals surface area (Å²) in [6.07, 6.45) is 0.580. The van der Waals surface area contributed by atoms with Gasteiger partial charge < -0.3 is 4.74 Å². The Morgan fingerprint density at radius 1 is 1.13 bits per heavy atom. The Morgan fingerprint density at radius 2 is 1.78 bits per heavy atom. The fourth-order valence-corrected chi connectivity index (χ4v) is 3.25. The monoisotopic (exact) mass is 333 g/mol. The summed E-state index contributed by atoms with van der Waals surface area (Å²) in [5, 5.41) is 0. The van der Waals surface area contributed by atoms with Crippen LogP contribution in [0.2, 0.25) is 0 Å². The zero-order valence-corrected chi connectivity index (χ0v) is 14.1. The van der Waals surface area contributed by atoms with Gasteiger partial charge in [-0.2, -0.15) is 0 Å². The summed E-state index contributed by atoms with van der Waals surface area (Å²) < 4.78 is 32.2. The average Bonchev–Trinajstić information content (AvgIpc) is 2.54. The van der Waals surface area contributed by atoms with Gasteiger partial charge in [-0.1, -0.05) is 24.6 Å². The molecule has 2 rings (SSSR count). The van der Waals surface area contributed by atoms with Crippen LogP contribution in [0, 0.1) is 6.92 Å². The van der Waals surface area contributed by atoms with E-state index in [-0.39, 0.29) is 4.90 Å². The Labute approximate surface area is 136 Å². The minimum absolute atomic E-state index is 0.196. The Kier molecular flexibility index (Phi) is 5.05. The minimum Gasteiger partial charge on any atom is -0.465 e. The van der Waals surface area contributed by atoms with Crippen molar-refractivity contribution in [2.45, 2.75) is 25.2 Å². The molecule has 0 saturated carbocycles. The summed E-state index contributed by atoms with van der Waals surface area (Å²) >= 11 is 0. The van der Waals surface area contributed by atoms with Crippen molar-refractivity contribution in [2.75, 3.05) is 11.8 Å². The molecule has 0 atom stereocenters. The number of benzene rings is 2. The zero-order valence-electron chi connectivity index (χ0n) is 13.3. The van der Waals surface area contributed by atoms with Gasteiger partial charge in [0.15, 0.2) is 0 Å². The van der Waals surface area contributed by atoms with Gasteiger partial charge >= 0.3 is 5.97 Å². The fraction of sp³-hybridized carbons (Fsp3) is 0.235. The van der Waals surface area contributed by atoms with Crippen LogP contribution in [-0.4, -0.2) is 21.5 Å². The highest BCUT2D eigenvalue weighted by Crippen LogP contribution is 2.22. The van der Waals surface area contributed by atoms with E-state index in [9.17, 15) is 13.2 Å². The van der Waals surface area contributed by atoms with Gasteiger partial charge in [-0.15, -0.1) is 0 Å². The number of nitrogens with one attached hydrogen (secondary N) is 1. The van der Waals surface area contributed by atoms with Crippen molar-refractivity contribution in [3.63, 3.8) is 0 Å². The lowest BCUT2D eigenvalue weighted by molar-refractivity contribution is 0.0600. The molecule has 0 aliphatic carbocycles. The molecule has 0 amide bonds. The number of aryl methyl sites for hydroxylation is 2. The van der Waals surface area contributed by atoms with Crippen molar-refractivity contribution in [1.29, 1.82) is 0 Å². The van der Waals surface area contributed by atoms with Crippen LogP contribution < -0.4 is 4.72 Å². The van der Waals surface area contributed by atoms with Gasteiger partial charge in [0, 0.05) is 0 Å². The van der Waals surface area contributed by atoms with Crippen LogP contribution in [-0.2, 0) is 21.2 Å². The lowest BCUT2D eigenvalue weighted by Crippen LogP contribution is -2.14. The third-order valence-electron chi connectivity index (χ3n) is 3.48. The maximum atomic E-state index is 12.5. The molecule has 2 aromatic rings. The zero-order chi connectivity index (χ0) is 17.0. The largest absolute Gasteiger partial charge is 0.465 e. The van der Waals surface area contributed by atoms with Crippen LogP contribution in [0.4, 0.5) is 5.69 Å². The molecule has 1 N–H and O–H groups in total. The van der Waals surface area contributed by atoms with Crippen molar-refractivity contribution in [2.24, 2.45) is 0 Å². The summed E-state index contributed by atoms with van der Waals surface area (Å²) in [5.41, 5.74) is 2.56. The van der Waals surface area contributed by atoms with Crippen molar-refractivity contribution in [1.82, 2.24) is 0 Å². The maximum Gasteiger partial charge on any atom is 0.337 e. The molecule has 0 spiro atoms. The highest BCUT2D eigenvalue weighted by Gasteiger charge is 2.16. The SMILES string of the molecule is CCc1cc(C(=O)OC)ccc1NS(=O)(=O)c1ccc(C)cc1. The molecule has 0 unspecified atom stereocenters. The van der Waals surface area contributed by atoms with Crippen LogP contribution in [0.3, 0.4) is 0 Å². The first-order valence-corrected chi connectivity index (χ1v) is 8.66. The normalized spacial score (nSPS) is 11.1. The molecule has 122 valence electrons. The molecule has 0 saturated heterocycles. The molecule has 0 fully saturated rings. The van der Waals surface area contributed by atoms with Crippen LogP contribution in [0.1, 0.15) is 28.4 Å². The van der Waals surface area contributed by atoms with Gasteiger partial charge in [0.05, 0.1) is 23.3 Å². The predicted octanol–water partition coefficient (Wildman–Crippen LogP) is 3.14.